The highest BCUT2D eigenvalue weighted by molar-refractivity contribution is 4.69. The van der Waals surface area contributed by atoms with E-state index in [0.29, 0.717) is 0 Å². The fraction of sp³-hybridized carbons (Fsp3) is 1.00. The first-order chi connectivity index (χ1) is 7.50. The average molecular weight is 259 g/mol. The van der Waals surface area contributed by atoms with E-state index in [1.807, 2.05) is 0 Å². The Kier molecular flexibility index (Phi) is 3.91. The smallest absolute Gasteiger partial charge is 0.341 e. The topological polar surface area (TPSA) is 198 Å². The second-order valence-electron chi connectivity index (χ2n) is 2.50. The van der Waals surface area contributed by atoms with Crippen LogP contribution in [0.25, 0.3) is 0 Å². The third-order valence-electron chi connectivity index (χ3n) is 1.29. The maximum Gasteiger partial charge on any atom is 0.375 e. The summed E-state index contributed by atoms with van der Waals surface area (Å²) >= 11 is 0. The lowest BCUT2D eigenvalue weighted by atomic mass is 10.3. The number of hydrogen-bond donors (Lipinski definition) is 2. The fourth-order valence-electron chi connectivity index (χ4n) is 0.607. The van der Waals surface area contributed by atoms with Crippen LogP contribution in [0.1, 0.15) is 6.92 Å². The minimum absolute atomic E-state index is 0.266. The zero-order chi connectivity index (χ0) is 13.9. The van der Waals surface area contributed by atoms with Crippen LogP contribution in [0.5, 0.6) is 0 Å². The molecule has 0 atom stereocenters. The number of rotatable bonds is 7. The van der Waals surface area contributed by atoms with Crippen LogP contribution in [-0.2, 0) is 14.5 Å². The molecular formula is C3H5N3O11. The van der Waals surface area contributed by atoms with Crippen molar-refractivity contribution < 1.29 is 40.0 Å². The van der Waals surface area contributed by atoms with E-state index in [9.17, 15) is 30.3 Å². The quantitative estimate of drug-likeness (QED) is 0.290. The van der Waals surface area contributed by atoms with E-state index in [2.05, 4.69) is 14.5 Å². The molecule has 0 aromatic rings. The van der Waals surface area contributed by atoms with Gasteiger partial charge in [-0.1, -0.05) is 0 Å². The molecular weight excluding hydrogens is 254 g/mol. The molecule has 0 aromatic carbocycles. The Morgan fingerprint density at radius 3 is 1.41 bits per heavy atom. The Morgan fingerprint density at radius 1 is 0.882 bits per heavy atom. The van der Waals surface area contributed by atoms with Crippen molar-refractivity contribution in [2.45, 2.75) is 18.7 Å². The minimum Gasteiger partial charge on any atom is -0.341 e. The van der Waals surface area contributed by atoms with E-state index in [4.69, 9.17) is 10.2 Å². The average Bonchev–Trinajstić information content (AvgIpc) is 1.96. The number of hydrogen-bond acceptors (Lipinski definition) is 11. The summed E-state index contributed by atoms with van der Waals surface area (Å²) in [6, 6.07) is 0. The molecule has 0 aliphatic heterocycles. The van der Waals surface area contributed by atoms with E-state index >= 15 is 0 Å². The van der Waals surface area contributed by atoms with E-state index in [1.165, 1.54) is 0 Å². The Balaban J connectivity index is 5.20. The molecule has 0 aliphatic carbocycles. The van der Waals surface area contributed by atoms with Crippen LogP contribution >= 0.6 is 0 Å². The Labute approximate surface area is 90.2 Å². The van der Waals surface area contributed by atoms with Gasteiger partial charge in [-0.15, -0.1) is 30.3 Å². The van der Waals surface area contributed by atoms with E-state index in [1.54, 1.807) is 0 Å². The molecule has 0 aromatic heterocycles. The van der Waals surface area contributed by atoms with Crippen LogP contribution in [0, 0.1) is 30.3 Å². The van der Waals surface area contributed by atoms with E-state index in [-0.39, 0.29) is 6.92 Å². The van der Waals surface area contributed by atoms with Crippen LogP contribution in [0.15, 0.2) is 0 Å². The van der Waals surface area contributed by atoms with Gasteiger partial charge >= 0.3 is 11.8 Å². The van der Waals surface area contributed by atoms with Crippen LogP contribution in [0.2, 0.25) is 0 Å². The Morgan fingerprint density at radius 2 is 1.18 bits per heavy atom. The summed E-state index contributed by atoms with van der Waals surface area (Å²) < 4.78 is 0. The summed E-state index contributed by atoms with van der Waals surface area (Å²) in [5.41, 5.74) is 0. The van der Waals surface area contributed by atoms with Crippen molar-refractivity contribution in [3.05, 3.63) is 30.3 Å². The van der Waals surface area contributed by atoms with Gasteiger partial charge in [0.1, 0.15) is 0 Å². The van der Waals surface area contributed by atoms with Gasteiger partial charge in [0.2, 0.25) is 0 Å². The molecule has 0 saturated carbocycles. The SMILES string of the molecule is CC(O[N+](=O)[O-])(O[N+](=O)[O-])C(O)(O)O[N+](=O)[O-]. The van der Waals surface area contributed by atoms with Crippen molar-refractivity contribution in [2.24, 2.45) is 0 Å². The summed E-state index contributed by atoms with van der Waals surface area (Å²) in [5.74, 6) is -7.57. The van der Waals surface area contributed by atoms with Gasteiger partial charge in [-0.25, -0.2) is 4.84 Å². The Hall–Kier alpha value is -2.48. The van der Waals surface area contributed by atoms with Gasteiger partial charge in [-0.2, -0.15) is 0 Å². The van der Waals surface area contributed by atoms with Gasteiger partial charge in [0.15, 0.2) is 0 Å². The van der Waals surface area contributed by atoms with Crippen molar-refractivity contribution in [3.8, 4) is 0 Å². The van der Waals surface area contributed by atoms with Crippen molar-refractivity contribution in [3.63, 3.8) is 0 Å². The predicted molar refractivity (Wildman–Crippen MR) is 39.8 cm³/mol. The molecule has 0 unspecified atom stereocenters. The zero-order valence-electron chi connectivity index (χ0n) is 7.91. The molecule has 0 heterocycles. The molecule has 0 spiro atoms. The first-order valence-electron chi connectivity index (χ1n) is 3.45. The lowest BCUT2D eigenvalue weighted by Crippen LogP contribution is -2.59. The molecule has 0 aliphatic rings. The fourth-order valence-corrected chi connectivity index (χ4v) is 0.607. The van der Waals surface area contributed by atoms with Crippen molar-refractivity contribution in [1.82, 2.24) is 0 Å². The maximum atomic E-state index is 9.96. The molecule has 14 nitrogen and oxygen atoms in total. The third kappa shape index (κ3) is 3.87. The van der Waals surface area contributed by atoms with Gasteiger partial charge in [-0.3, -0.25) is 9.68 Å². The third-order valence-corrected chi connectivity index (χ3v) is 1.29. The highest BCUT2D eigenvalue weighted by atomic mass is 17.1. The largest absolute Gasteiger partial charge is 0.375 e. The first-order valence-corrected chi connectivity index (χ1v) is 3.45. The van der Waals surface area contributed by atoms with E-state index < -0.39 is 27.0 Å². The Bertz CT molecular complexity index is 321. The second-order valence-corrected chi connectivity index (χ2v) is 2.50. The number of nitrogens with zero attached hydrogens (tertiary/aromatic N) is 3. The van der Waals surface area contributed by atoms with Gasteiger partial charge < -0.3 is 10.2 Å². The second kappa shape index (κ2) is 4.58. The molecule has 0 rings (SSSR count). The van der Waals surface area contributed by atoms with Crippen LogP contribution in [-0.4, -0.2) is 37.2 Å². The summed E-state index contributed by atoms with van der Waals surface area (Å²) in [4.78, 5) is 39.8. The molecule has 0 radical (unpaired) electrons. The van der Waals surface area contributed by atoms with Crippen molar-refractivity contribution >= 4 is 0 Å². The molecule has 98 valence electrons. The summed E-state index contributed by atoms with van der Waals surface area (Å²) in [6.45, 7) is 0.266. The monoisotopic (exact) mass is 259 g/mol. The number of aliphatic hydroxyl groups is 2. The summed E-state index contributed by atoms with van der Waals surface area (Å²) in [7, 11) is 0. The standard InChI is InChI=1S/C3H5N3O11/c1-2(15-4(9)10,16-5(11)12)3(7,8)17-6(13)14/h7-8H,1H3. The molecule has 0 saturated heterocycles. The lowest BCUT2D eigenvalue weighted by molar-refractivity contribution is -0.914. The summed E-state index contributed by atoms with van der Waals surface area (Å²) in [6.07, 6.45) is 0. The minimum atomic E-state index is -4.09. The molecule has 17 heavy (non-hydrogen) atoms. The normalized spacial score (nSPS) is 11.5. The molecule has 0 amide bonds. The van der Waals surface area contributed by atoms with Gasteiger partial charge in [0.25, 0.3) is 15.3 Å². The van der Waals surface area contributed by atoms with Crippen LogP contribution < -0.4 is 0 Å². The van der Waals surface area contributed by atoms with Crippen LogP contribution in [0.3, 0.4) is 0 Å². The van der Waals surface area contributed by atoms with E-state index in [0.717, 1.165) is 0 Å². The first kappa shape index (κ1) is 14.5. The lowest BCUT2D eigenvalue weighted by Gasteiger charge is -2.33. The van der Waals surface area contributed by atoms with Gasteiger partial charge in [0.05, 0.1) is 0 Å². The summed E-state index contributed by atoms with van der Waals surface area (Å²) in [5, 5.41) is 42.5. The highest BCUT2D eigenvalue weighted by Crippen LogP contribution is 2.27. The maximum absolute atomic E-state index is 9.96. The van der Waals surface area contributed by atoms with Gasteiger partial charge in [0, 0.05) is 0 Å². The highest BCUT2D eigenvalue weighted by Gasteiger charge is 2.57. The zero-order valence-corrected chi connectivity index (χ0v) is 7.91. The van der Waals surface area contributed by atoms with Crippen LogP contribution in [0.4, 0.5) is 0 Å². The van der Waals surface area contributed by atoms with Gasteiger partial charge in [-0.05, 0) is 6.92 Å². The molecule has 0 bridgehead atoms. The van der Waals surface area contributed by atoms with Crippen molar-refractivity contribution in [1.29, 1.82) is 0 Å². The molecule has 0 fully saturated rings. The predicted octanol–water partition coefficient (Wildman–Crippen LogP) is -2.03. The molecule has 14 heteroatoms. The molecule has 2 N–H and O–H groups in total. The van der Waals surface area contributed by atoms with Crippen molar-refractivity contribution in [2.75, 3.05) is 0 Å².